The lowest BCUT2D eigenvalue weighted by molar-refractivity contribution is 0.219. The van der Waals surface area contributed by atoms with Gasteiger partial charge in [0.1, 0.15) is 0 Å². The molecule has 2 amide bonds. The standard InChI is InChI=1S/C12H16ClN3O/c1-9-2-3-11(10(13)8-9)14-4-6-16-7-5-15-12(16)17/h2-3,8,14H,4-7H2,1H3,(H,15,17). The van der Waals surface area contributed by atoms with Gasteiger partial charge in [-0.1, -0.05) is 17.7 Å². The molecule has 92 valence electrons. The highest BCUT2D eigenvalue weighted by atomic mass is 35.5. The maximum absolute atomic E-state index is 11.3. The van der Waals surface area contributed by atoms with Gasteiger partial charge in [0.05, 0.1) is 10.7 Å². The van der Waals surface area contributed by atoms with Crippen molar-refractivity contribution in [2.24, 2.45) is 0 Å². The van der Waals surface area contributed by atoms with Crippen LogP contribution >= 0.6 is 11.6 Å². The normalized spacial score (nSPS) is 14.9. The van der Waals surface area contributed by atoms with Gasteiger partial charge in [-0.2, -0.15) is 0 Å². The van der Waals surface area contributed by atoms with Crippen molar-refractivity contribution in [3.05, 3.63) is 28.8 Å². The van der Waals surface area contributed by atoms with Crippen molar-refractivity contribution in [3.8, 4) is 0 Å². The summed E-state index contributed by atoms with van der Waals surface area (Å²) in [6.45, 7) is 4.92. The lowest BCUT2D eigenvalue weighted by atomic mass is 10.2. The van der Waals surface area contributed by atoms with Crippen LogP contribution in [0.1, 0.15) is 5.56 Å². The molecule has 0 radical (unpaired) electrons. The number of carbonyl (C=O) groups excluding carboxylic acids is 1. The molecule has 0 aliphatic carbocycles. The van der Waals surface area contributed by atoms with Crippen molar-refractivity contribution < 1.29 is 4.79 Å². The minimum absolute atomic E-state index is 0.0156. The molecule has 2 N–H and O–H groups in total. The van der Waals surface area contributed by atoms with E-state index in [1.165, 1.54) is 0 Å². The SMILES string of the molecule is Cc1ccc(NCCN2CCNC2=O)c(Cl)c1. The predicted molar refractivity (Wildman–Crippen MR) is 69.7 cm³/mol. The average Bonchev–Trinajstić information content (AvgIpc) is 2.68. The van der Waals surface area contributed by atoms with E-state index in [0.717, 1.165) is 29.4 Å². The minimum Gasteiger partial charge on any atom is -0.382 e. The van der Waals surface area contributed by atoms with E-state index in [1.807, 2.05) is 25.1 Å². The molecule has 4 nitrogen and oxygen atoms in total. The lowest BCUT2D eigenvalue weighted by Crippen LogP contribution is -2.32. The summed E-state index contributed by atoms with van der Waals surface area (Å²) in [7, 11) is 0. The Labute approximate surface area is 106 Å². The molecule has 0 spiro atoms. The first kappa shape index (κ1) is 12.0. The number of aryl methyl sites for hydroxylation is 1. The van der Waals surface area contributed by atoms with Crippen molar-refractivity contribution >= 4 is 23.3 Å². The Hall–Kier alpha value is -1.42. The Morgan fingerprint density at radius 3 is 3.00 bits per heavy atom. The third kappa shape index (κ3) is 3.03. The quantitative estimate of drug-likeness (QED) is 0.863. The molecule has 1 heterocycles. The summed E-state index contributed by atoms with van der Waals surface area (Å²) in [5.74, 6) is 0. The minimum atomic E-state index is 0.0156. The van der Waals surface area contributed by atoms with Crippen LogP contribution in [0.2, 0.25) is 5.02 Å². The number of halogens is 1. The largest absolute Gasteiger partial charge is 0.382 e. The van der Waals surface area contributed by atoms with Crippen LogP contribution < -0.4 is 10.6 Å². The van der Waals surface area contributed by atoms with E-state index < -0.39 is 0 Å². The molecular weight excluding hydrogens is 238 g/mol. The molecule has 1 aliphatic heterocycles. The van der Waals surface area contributed by atoms with Crippen LogP contribution in [0.4, 0.5) is 10.5 Å². The number of hydrogen-bond acceptors (Lipinski definition) is 2. The maximum atomic E-state index is 11.3. The molecular formula is C12H16ClN3O. The van der Waals surface area contributed by atoms with E-state index in [2.05, 4.69) is 10.6 Å². The topological polar surface area (TPSA) is 44.4 Å². The Bertz CT molecular complexity index is 422. The van der Waals surface area contributed by atoms with Gasteiger partial charge in [0.2, 0.25) is 0 Å². The molecule has 1 aliphatic rings. The fourth-order valence-electron chi connectivity index (χ4n) is 1.81. The summed E-state index contributed by atoms with van der Waals surface area (Å²) in [6, 6.07) is 5.91. The molecule has 17 heavy (non-hydrogen) atoms. The monoisotopic (exact) mass is 253 g/mol. The van der Waals surface area contributed by atoms with Gasteiger partial charge in [0.25, 0.3) is 0 Å². The second kappa shape index (κ2) is 5.27. The average molecular weight is 254 g/mol. The zero-order valence-electron chi connectivity index (χ0n) is 9.79. The molecule has 1 fully saturated rings. The second-order valence-electron chi connectivity index (χ2n) is 4.13. The molecule has 0 unspecified atom stereocenters. The lowest BCUT2D eigenvalue weighted by Gasteiger charge is -2.15. The molecule has 0 bridgehead atoms. The maximum Gasteiger partial charge on any atom is 0.317 e. The van der Waals surface area contributed by atoms with Crippen LogP contribution in [0.5, 0.6) is 0 Å². The van der Waals surface area contributed by atoms with Crippen molar-refractivity contribution in [2.75, 3.05) is 31.5 Å². The number of nitrogens with one attached hydrogen (secondary N) is 2. The van der Waals surface area contributed by atoms with Gasteiger partial charge >= 0.3 is 6.03 Å². The number of amides is 2. The Balaban J connectivity index is 1.83. The summed E-state index contributed by atoms with van der Waals surface area (Å²) in [6.07, 6.45) is 0. The van der Waals surface area contributed by atoms with Crippen LogP contribution in [0.15, 0.2) is 18.2 Å². The van der Waals surface area contributed by atoms with E-state index in [0.29, 0.717) is 13.1 Å². The first-order valence-corrected chi connectivity index (χ1v) is 6.07. The van der Waals surface area contributed by atoms with Crippen molar-refractivity contribution in [1.29, 1.82) is 0 Å². The molecule has 1 aromatic rings. The zero-order valence-corrected chi connectivity index (χ0v) is 10.5. The van der Waals surface area contributed by atoms with E-state index in [1.54, 1.807) is 4.90 Å². The summed E-state index contributed by atoms with van der Waals surface area (Å²) in [5, 5.41) is 6.72. The smallest absolute Gasteiger partial charge is 0.317 e. The van der Waals surface area contributed by atoms with E-state index in [-0.39, 0.29) is 6.03 Å². The van der Waals surface area contributed by atoms with Crippen LogP contribution in [-0.4, -0.2) is 37.1 Å². The van der Waals surface area contributed by atoms with Gasteiger partial charge in [-0.3, -0.25) is 0 Å². The first-order valence-electron chi connectivity index (χ1n) is 5.69. The second-order valence-corrected chi connectivity index (χ2v) is 4.54. The highest BCUT2D eigenvalue weighted by Crippen LogP contribution is 2.22. The molecule has 0 atom stereocenters. The van der Waals surface area contributed by atoms with E-state index in [4.69, 9.17) is 11.6 Å². The number of anilines is 1. The third-order valence-corrected chi connectivity index (χ3v) is 3.08. The number of carbonyl (C=O) groups is 1. The summed E-state index contributed by atoms with van der Waals surface area (Å²) in [5.41, 5.74) is 2.05. The van der Waals surface area contributed by atoms with Crippen LogP contribution in [0.25, 0.3) is 0 Å². The number of rotatable bonds is 4. The Kier molecular flexibility index (Phi) is 3.74. The first-order chi connectivity index (χ1) is 8.16. The van der Waals surface area contributed by atoms with Crippen LogP contribution in [-0.2, 0) is 0 Å². The fraction of sp³-hybridized carbons (Fsp3) is 0.417. The molecule has 2 rings (SSSR count). The Morgan fingerprint density at radius 1 is 1.53 bits per heavy atom. The number of hydrogen-bond donors (Lipinski definition) is 2. The van der Waals surface area contributed by atoms with Crippen molar-refractivity contribution in [1.82, 2.24) is 10.2 Å². The third-order valence-electron chi connectivity index (χ3n) is 2.77. The van der Waals surface area contributed by atoms with Gasteiger partial charge in [-0.05, 0) is 24.6 Å². The molecule has 0 aromatic heterocycles. The number of nitrogens with zero attached hydrogens (tertiary/aromatic N) is 1. The molecule has 1 aromatic carbocycles. The molecule has 1 saturated heterocycles. The highest BCUT2D eigenvalue weighted by molar-refractivity contribution is 6.33. The fourth-order valence-corrected chi connectivity index (χ4v) is 2.12. The van der Waals surface area contributed by atoms with E-state index in [9.17, 15) is 4.79 Å². The van der Waals surface area contributed by atoms with Gasteiger partial charge in [-0.15, -0.1) is 0 Å². The Morgan fingerprint density at radius 2 is 2.35 bits per heavy atom. The van der Waals surface area contributed by atoms with Crippen LogP contribution in [0.3, 0.4) is 0 Å². The van der Waals surface area contributed by atoms with Gasteiger partial charge in [0, 0.05) is 26.2 Å². The summed E-state index contributed by atoms with van der Waals surface area (Å²) < 4.78 is 0. The zero-order chi connectivity index (χ0) is 12.3. The van der Waals surface area contributed by atoms with Crippen molar-refractivity contribution in [2.45, 2.75) is 6.92 Å². The summed E-state index contributed by atoms with van der Waals surface area (Å²) >= 11 is 6.10. The van der Waals surface area contributed by atoms with Crippen LogP contribution in [0, 0.1) is 6.92 Å². The van der Waals surface area contributed by atoms with Gasteiger partial charge in [-0.25, -0.2) is 4.79 Å². The summed E-state index contributed by atoms with van der Waals surface area (Å²) in [4.78, 5) is 13.1. The molecule has 5 heteroatoms. The van der Waals surface area contributed by atoms with E-state index >= 15 is 0 Å². The van der Waals surface area contributed by atoms with Gasteiger partial charge < -0.3 is 15.5 Å². The number of benzene rings is 1. The highest BCUT2D eigenvalue weighted by Gasteiger charge is 2.18. The van der Waals surface area contributed by atoms with Gasteiger partial charge in [0.15, 0.2) is 0 Å². The predicted octanol–water partition coefficient (Wildman–Crippen LogP) is 2.09. The molecule has 0 saturated carbocycles. The van der Waals surface area contributed by atoms with Crippen molar-refractivity contribution in [3.63, 3.8) is 0 Å². The number of urea groups is 1.